The molecule has 6 nitrogen and oxygen atoms in total. The van der Waals surface area contributed by atoms with E-state index < -0.39 is 0 Å². The van der Waals surface area contributed by atoms with Crippen molar-refractivity contribution >= 4 is 11.7 Å². The SMILES string of the molecule is COc1cc([C@@H]2CC(=O)Nc3c2ncn3-c2cccc(F)c2)ccc1O. The number of phenolic OH excluding ortho intramolecular Hbond substituents is 1. The number of hydrogen-bond donors (Lipinski definition) is 2. The zero-order valence-electron chi connectivity index (χ0n) is 13.9. The van der Waals surface area contributed by atoms with E-state index in [0.717, 1.165) is 5.56 Å². The van der Waals surface area contributed by atoms with E-state index in [9.17, 15) is 14.3 Å². The van der Waals surface area contributed by atoms with Crippen LogP contribution in [0.3, 0.4) is 0 Å². The topological polar surface area (TPSA) is 76.4 Å². The van der Waals surface area contributed by atoms with E-state index in [1.54, 1.807) is 35.2 Å². The quantitative estimate of drug-likeness (QED) is 0.758. The molecule has 0 unspecified atom stereocenters. The van der Waals surface area contributed by atoms with Crippen LogP contribution in [-0.4, -0.2) is 27.7 Å². The Morgan fingerprint density at radius 1 is 1.31 bits per heavy atom. The van der Waals surface area contributed by atoms with Crippen molar-refractivity contribution < 1.29 is 19.0 Å². The maximum absolute atomic E-state index is 13.6. The number of rotatable bonds is 3. The molecule has 7 heteroatoms. The van der Waals surface area contributed by atoms with Gasteiger partial charge in [0.1, 0.15) is 18.0 Å². The Morgan fingerprint density at radius 2 is 2.15 bits per heavy atom. The summed E-state index contributed by atoms with van der Waals surface area (Å²) in [6, 6.07) is 11.0. The fraction of sp³-hybridized carbons (Fsp3) is 0.158. The molecular formula is C19H16FN3O3. The first-order chi connectivity index (χ1) is 12.6. The minimum absolute atomic E-state index is 0.0297. The number of aromatic nitrogens is 2. The number of hydrogen-bond acceptors (Lipinski definition) is 4. The fourth-order valence-electron chi connectivity index (χ4n) is 3.22. The summed E-state index contributed by atoms with van der Waals surface area (Å²) in [4.78, 5) is 16.7. The Balaban J connectivity index is 1.81. The van der Waals surface area contributed by atoms with Gasteiger partial charge in [0.05, 0.1) is 18.5 Å². The van der Waals surface area contributed by atoms with Crippen LogP contribution in [-0.2, 0) is 4.79 Å². The third-order valence-electron chi connectivity index (χ3n) is 4.47. The van der Waals surface area contributed by atoms with E-state index in [2.05, 4.69) is 10.3 Å². The largest absolute Gasteiger partial charge is 0.504 e. The van der Waals surface area contributed by atoms with E-state index >= 15 is 0 Å². The number of nitrogens with one attached hydrogen (secondary N) is 1. The highest BCUT2D eigenvalue weighted by molar-refractivity contribution is 5.94. The average Bonchev–Trinajstić information content (AvgIpc) is 3.05. The number of amides is 1. The molecule has 1 amide bonds. The highest BCUT2D eigenvalue weighted by Gasteiger charge is 2.31. The zero-order chi connectivity index (χ0) is 18.3. The first kappa shape index (κ1) is 16.1. The Labute approximate surface area is 148 Å². The summed E-state index contributed by atoms with van der Waals surface area (Å²) in [6.45, 7) is 0. The number of methoxy groups -OCH3 is 1. The number of carbonyl (C=O) groups is 1. The summed E-state index contributed by atoms with van der Waals surface area (Å²) in [5.74, 6) is 0.0631. The lowest BCUT2D eigenvalue weighted by Gasteiger charge is -2.23. The van der Waals surface area contributed by atoms with E-state index in [1.807, 2.05) is 0 Å². The van der Waals surface area contributed by atoms with Crippen molar-refractivity contribution in [1.82, 2.24) is 9.55 Å². The van der Waals surface area contributed by atoms with Crippen molar-refractivity contribution in [2.45, 2.75) is 12.3 Å². The second-order valence-corrected chi connectivity index (χ2v) is 6.06. The lowest BCUT2D eigenvalue weighted by Crippen LogP contribution is -2.24. The van der Waals surface area contributed by atoms with Crippen molar-refractivity contribution in [3.8, 4) is 17.2 Å². The summed E-state index contributed by atoms with van der Waals surface area (Å²) < 4.78 is 20.4. The third-order valence-corrected chi connectivity index (χ3v) is 4.47. The normalized spacial score (nSPS) is 16.1. The van der Waals surface area contributed by atoms with Gasteiger partial charge in [-0.15, -0.1) is 0 Å². The van der Waals surface area contributed by atoms with Crippen LogP contribution in [0, 0.1) is 5.82 Å². The molecule has 0 saturated carbocycles. The molecule has 4 rings (SSSR count). The number of halogens is 1. The minimum Gasteiger partial charge on any atom is -0.504 e. The molecule has 0 aliphatic carbocycles. The minimum atomic E-state index is -0.369. The van der Waals surface area contributed by atoms with E-state index in [0.29, 0.717) is 22.9 Å². The Morgan fingerprint density at radius 3 is 2.92 bits per heavy atom. The van der Waals surface area contributed by atoms with Gasteiger partial charge in [-0.3, -0.25) is 9.36 Å². The van der Waals surface area contributed by atoms with Crippen LogP contribution in [0.25, 0.3) is 5.69 Å². The molecule has 0 bridgehead atoms. The number of aromatic hydroxyl groups is 1. The lowest BCUT2D eigenvalue weighted by molar-refractivity contribution is -0.116. The van der Waals surface area contributed by atoms with Gasteiger partial charge in [0.2, 0.25) is 5.91 Å². The average molecular weight is 353 g/mol. The van der Waals surface area contributed by atoms with Crippen LogP contribution in [0.4, 0.5) is 10.2 Å². The summed E-state index contributed by atoms with van der Waals surface area (Å²) in [6.07, 6.45) is 1.79. The highest BCUT2D eigenvalue weighted by Crippen LogP contribution is 2.39. The molecular weight excluding hydrogens is 337 g/mol. The molecule has 1 atom stereocenters. The summed E-state index contributed by atoms with van der Waals surface area (Å²) in [7, 11) is 1.47. The van der Waals surface area contributed by atoms with Crippen molar-refractivity contribution in [2.24, 2.45) is 0 Å². The molecule has 2 heterocycles. The molecule has 1 aliphatic heterocycles. The molecule has 2 aromatic carbocycles. The molecule has 0 spiro atoms. The number of fused-ring (bicyclic) bond motifs is 1. The second kappa shape index (κ2) is 6.18. The predicted octanol–water partition coefficient (Wildman–Crippen LogP) is 3.20. The number of carbonyl (C=O) groups excluding carboxylic acids is 1. The monoisotopic (exact) mass is 353 g/mol. The zero-order valence-corrected chi connectivity index (χ0v) is 13.9. The Bertz CT molecular complexity index is 999. The number of benzene rings is 2. The van der Waals surface area contributed by atoms with Crippen LogP contribution in [0.15, 0.2) is 48.8 Å². The van der Waals surface area contributed by atoms with Gasteiger partial charge in [-0.2, -0.15) is 0 Å². The number of ether oxygens (including phenoxy) is 1. The number of phenols is 1. The Hall–Kier alpha value is -3.35. The van der Waals surface area contributed by atoms with Crippen molar-refractivity contribution in [1.29, 1.82) is 0 Å². The fourth-order valence-corrected chi connectivity index (χ4v) is 3.22. The van der Waals surface area contributed by atoms with Gasteiger partial charge in [-0.1, -0.05) is 12.1 Å². The van der Waals surface area contributed by atoms with Crippen LogP contribution >= 0.6 is 0 Å². The molecule has 3 aromatic rings. The van der Waals surface area contributed by atoms with Crippen molar-refractivity contribution in [3.63, 3.8) is 0 Å². The maximum atomic E-state index is 13.6. The van der Waals surface area contributed by atoms with Gasteiger partial charge in [0.25, 0.3) is 0 Å². The lowest BCUT2D eigenvalue weighted by atomic mass is 9.89. The molecule has 1 aliphatic rings. The standard InChI is InChI=1S/C19H16FN3O3/c1-26-16-7-11(5-6-15(16)24)14-9-17(25)22-19-18(14)21-10-23(19)13-4-2-3-12(20)8-13/h2-8,10,14,24H,9H2,1H3,(H,22,25)/t14-/m0/s1. The second-order valence-electron chi connectivity index (χ2n) is 6.06. The van der Waals surface area contributed by atoms with Crippen LogP contribution < -0.4 is 10.1 Å². The van der Waals surface area contributed by atoms with Gasteiger partial charge < -0.3 is 15.2 Å². The van der Waals surface area contributed by atoms with Gasteiger partial charge in [-0.25, -0.2) is 9.37 Å². The van der Waals surface area contributed by atoms with Gasteiger partial charge in [0, 0.05) is 12.3 Å². The Kier molecular flexibility index (Phi) is 3.84. The molecule has 26 heavy (non-hydrogen) atoms. The number of anilines is 1. The summed E-state index contributed by atoms with van der Waals surface area (Å²) in [5, 5.41) is 12.6. The van der Waals surface area contributed by atoms with E-state index in [1.165, 1.54) is 25.3 Å². The smallest absolute Gasteiger partial charge is 0.226 e. The molecule has 0 saturated heterocycles. The van der Waals surface area contributed by atoms with Gasteiger partial charge >= 0.3 is 0 Å². The van der Waals surface area contributed by atoms with Crippen LogP contribution in [0.1, 0.15) is 23.6 Å². The molecule has 0 radical (unpaired) electrons. The van der Waals surface area contributed by atoms with Crippen molar-refractivity contribution in [3.05, 3.63) is 65.9 Å². The van der Waals surface area contributed by atoms with Gasteiger partial charge in [0.15, 0.2) is 11.5 Å². The first-order valence-electron chi connectivity index (χ1n) is 8.06. The summed E-state index contributed by atoms with van der Waals surface area (Å²) in [5.41, 5.74) is 2.06. The van der Waals surface area contributed by atoms with E-state index in [4.69, 9.17) is 4.74 Å². The molecule has 0 fully saturated rings. The van der Waals surface area contributed by atoms with Gasteiger partial charge in [-0.05, 0) is 35.9 Å². The molecule has 1 aromatic heterocycles. The number of nitrogens with zero attached hydrogens (tertiary/aromatic N) is 2. The van der Waals surface area contributed by atoms with Crippen molar-refractivity contribution in [2.75, 3.05) is 12.4 Å². The van der Waals surface area contributed by atoms with E-state index in [-0.39, 0.29) is 29.8 Å². The number of imidazole rings is 1. The maximum Gasteiger partial charge on any atom is 0.226 e. The van der Waals surface area contributed by atoms with Crippen LogP contribution in [0.5, 0.6) is 11.5 Å². The molecule has 132 valence electrons. The first-order valence-corrected chi connectivity index (χ1v) is 8.06. The third kappa shape index (κ3) is 2.67. The predicted molar refractivity (Wildman–Crippen MR) is 93.3 cm³/mol. The van der Waals surface area contributed by atoms with Crippen LogP contribution in [0.2, 0.25) is 0 Å². The summed E-state index contributed by atoms with van der Waals surface area (Å²) >= 11 is 0. The highest BCUT2D eigenvalue weighted by atomic mass is 19.1. The molecule has 2 N–H and O–H groups in total.